The van der Waals surface area contributed by atoms with Gasteiger partial charge in [0.1, 0.15) is 0 Å². The molecule has 3 rings (SSSR count). The van der Waals surface area contributed by atoms with Gasteiger partial charge in [-0.3, -0.25) is 4.79 Å². The number of rotatable bonds is 4. The van der Waals surface area contributed by atoms with Gasteiger partial charge < -0.3 is 5.11 Å². The van der Waals surface area contributed by atoms with Gasteiger partial charge in [-0.15, -0.1) is 0 Å². The van der Waals surface area contributed by atoms with Crippen LogP contribution < -0.4 is 0 Å². The van der Waals surface area contributed by atoms with E-state index in [0.717, 1.165) is 18.4 Å². The second-order valence-electron chi connectivity index (χ2n) is 7.01. The average molecular weight is 368 g/mol. The van der Waals surface area contributed by atoms with Crippen LogP contribution in [-0.4, -0.2) is 33.6 Å². The zero-order valence-electron chi connectivity index (χ0n) is 14.5. The van der Waals surface area contributed by atoms with Gasteiger partial charge in [-0.2, -0.15) is 23.3 Å². The van der Waals surface area contributed by atoms with E-state index in [-0.39, 0.29) is 12.8 Å². The van der Waals surface area contributed by atoms with Gasteiger partial charge in [-0.25, -0.2) is 0 Å². The van der Waals surface area contributed by atoms with Gasteiger partial charge in [-0.05, 0) is 37.7 Å². The Kier molecular flexibility index (Phi) is 5.37. The first kappa shape index (κ1) is 18.9. The molecular formula is C19H23F3N2O2. The molecule has 1 aromatic rings. The van der Waals surface area contributed by atoms with Crippen molar-refractivity contribution < 1.29 is 23.1 Å². The van der Waals surface area contributed by atoms with Crippen LogP contribution in [0.5, 0.6) is 0 Å². The molecule has 0 saturated heterocycles. The molecule has 1 aromatic carbocycles. The number of hydrogen-bond donors (Lipinski definition) is 1. The topological polar surface area (TPSA) is 52.9 Å². The zero-order valence-corrected chi connectivity index (χ0v) is 14.5. The van der Waals surface area contributed by atoms with Crippen LogP contribution in [0.25, 0.3) is 0 Å². The molecule has 1 N–H and O–H groups in total. The quantitative estimate of drug-likeness (QED) is 0.872. The maximum Gasteiger partial charge on any atom is 0.439 e. The predicted molar refractivity (Wildman–Crippen MR) is 91.2 cm³/mol. The third kappa shape index (κ3) is 3.49. The van der Waals surface area contributed by atoms with Crippen molar-refractivity contribution in [2.75, 3.05) is 0 Å². The monoisotopic (exact) mass is 368 g/mol. The van der Waals surface area contributed by atoms with Crippen LogP contribution in [0.2, 0.25) is 0 Å². The second-order valence-corrected chi connectivity index (χ2v) is 7.01. The van der Waals surface area contributed by atoms with Crippen LogP contribution in [0.4, 0.5) is 13.2 Å². The van der Waals surface area contributed by atoms with Gasteiger partial charge in [0.05, 0.1) is 5.92 Å². The second kappa shape index (κ2) is 7.39. The normalized spacial score (nSPS) is 26.2. The van der Waals surface area contributed by atoms with Crippen LogP contribution >= 0.6 is 0 Å². The number of hydrogen-bond acceptors (Lipinski definition) is 3. The van der Waals surface area contributed by atoms with Gasteiger partial charge in [-0.1, -0.05) is 43.2 Å². The lowest BCUT2D eigenvalue weighted by molar-refractivity contribution is -0.316. The molecule has 4 nitrogen and oxygen atoms in total. The van der Waals surface area contributed by atoms with Crippen LogP contribution in [0, 0.1) is 5.92 Å². The summed E-state index contributed by atoms with van der Waals surface area (Å²) in [4.78, 5) is 12.5. The highest BCUT2D eigenvalue weighted by atomic mass is 19.4. The van der Waals surface area contributed by atoms with Crippen LogP contribution in [0.1, 0.15) is 50.5 Å². The molecule has 1 aliphatic carbocycles. The summed E-state index contributed by atoms with van der Waals surface area (Å²) >= 11 is 0. The van der Waals surface area contributed by atoms with E-state index in [1.165, 1.54) is 0 Å². The van der Waals surface area contributed by atoms with Gasteiger partial charge in [0.25, 0.3) is 5.72 Å². The van der Waals surface area contributed by atoms with E-state index in [4.69, 9.17) is 0 Å². The van der Waals surface area contributed by atoms with Crippen molar-refractivity contribution in [2.45, 2.75) is 63.3 Å². The SMILES string of the molecule is O=C(CCCc1ccccc1)N1N=C2CCCCCC2C1(O)C(F)(F)F. The summed E-state index contributed by atoms with van der Waals surface area (Å²) in [5.74, 6) is -1.93. The number of carbonyl (C=O) groups is 1. The lowest BCUT2D eigenvalue weighted by atomic mass is 9.87. The summed E-state index contributed by atoms with van der Waals surface area (Å²) in [7, 11) is 0. The van der Waals surface area contributed by atoms with Crippen molar-refractivity contribution in [3.05, 3.63) is 35.9 Å². The number of halogens is 3. The van der Waals surface area contributed by atoms with Crippen molar-refractivity contribution in [3.8, 4) is 0 Å². The third-order valence-electron chi connectivity index (χ3n) is 5.22. The third-order valence-corrected chi connectivity index (χ3v) is 5.22. The van der Waals surface area contributed by atoms with E-state index in [0.29, 0.717) is 36.4 Å². The molecule has 7 heteroatoms. The first-order valence-corrected chi connectivity index (χ1v) is 9.07. The molecule has 1 saturated carbocycles. The van der Waals surface area contributed by atoms with Crippen molar-refractivity contribution >= 4 is 11.6 Å². The standard InChI is InChI=1S/C19H23F3N2O2/c20-19(21,22)18(26)15-11-5-2-6-12-16(15)23-24(18)17(25)13-7-10-14-8-3-1-4-9-14/h1,3-4,8-9,15,26H,2,5-7,10-13H2. The van der Waals surface area contributed by atoms with E-state index >= 15 is 0 Å². The molecule has 142 valence electrons. The number of benzene rings is 1. The Hall–Kier alpha value is -1.89. The van der Waals surface area contributed by atoms with E-state index in [1.54, 1.807) is 0 Å². The number of hydrazone groups is 1. The summed E-state index contributed by atoms with van der Waals surface area (Å²) in [5, 5.41) is 14.8. The Bertz CT molecular complexity index is 675. The van der Waals surface area contributed by atoms with Gasteiger partial charge in [0.2, 0.25) is 5.91 Å². The molecule has 0 aromatic heterocycles. The number of aryl methyl sites for hydroxylation is 1. The number of aliphatic hydroxyl groups is 1. The van der Waals surface area contributed by atoms with E-state index in [2.05, 4.69) is 5.10 Å². The maximum atomic E-state index is 13.7. The molecule has 2 aliphatic rings. The molecule has 0 spiro atoms. The molecule has 1 amide bonds. The lowest BCUT2D eigenvalue weighted by Crippen LogP contribution is -2.61. The highest BCUT2D eigenvalue weighted by Gasteiger charge is 2.67. The minimum atomic E-state index is -4.94. The summed E-state index contributed by atoms with van der Waals surface area (Å²) in [6.45, 7) is 0. The molecular weight excluding hydrogens is 345 g/mol. The highest BCUT2D eigenvalue weighted by molar-refractivity contribution is 5.93. The Balaban J connectivity index is 1.74. The average Bonchev–Trinajstić information content (AvgIpc) is 2.75. The van der Waals surface area contributed by atoms with Gasteiger partial charge in [0, 0.05) is 12.1 Å². The Morgan fingerprint density at radius 2 is 1.96 bits per heavy atom. The molecule has 1 heterocycles. The van der Waals surface area contributed by atoms with E-state index in [1.807, 2.05) is 30.3 Å². The number of amides is 1. The molecule has 0 bridgehead atoms. The van der Waals surface area contributed by atoms with Crippen LogP contribution in [0.15, 0.2) is 35.4 Å². The molecule has 26 heavy (non-hydrogen) atoms. The smallest absolute Gasteiger partial charge is 0.362 e. The maximum absolute atomic E-state index is 13.7. The number of carbonyl (C=O) groups excluding carboxylic acids is 1. The lowest BCUT2D eigenvalue weighted by Gasteiger charge is -2.37. The van der Waals surface area contributed by atoms with Crippen molar-refractivity contribution in [1.29, 1.82) is 0 Å². The van der Waals surface area contributed by atoms with E-state index < -0.39 is 23.7 Å². The molecule has 1 fully saturated rings. The molecule has 2 unspecified atom stereocenters. The molecule has 2 atom stereocenters. The number of nitrogens with zero attached hydrogens (tertiary/aromatic N) is 2. The summed E-state index contributed by atoms with van der Waals surface area (Å²) in [6, 6.07) is 9.44. The molecule has 0 radical (unpaired) electrons. The highest BCUT2D eigenvalue weighted by Crippen LogP contribution is 2.47. The fraction of sp³-hybridized carbons (Fsp3) is 0.579. The minimum absolute atomic E-state index is 0.0865. The Morgan fingerprint density at radius 3 is 2.65 bits per heavy atom. The molecule has 1 aliphatic heterocycles. The van der Waals surface area contributed by atoms with Crippen LogP contribution in [0.3, 0.4) is 0 Å². The summed E-state index contributed by atoms with van der Waals surface area (Å²) < 4.78 is 41.2. The fourth-order valence-electron chi connectivity index (χ4n) is 3.84. The number of alkyl halides is 3. The van der Waals surface area contributed by atoms with Crippen molar-refractivity contribution in [3.63, 3.8) is 0 Å². The fourth-order valence-corrected chi connectivity index (χ4v) is 3.84. The van der Waals surface area contributed by atoms with Crippen molar-refractivity contribution in [2.24, 2.45) is 11.0 Å². The Morgan fingerprint density at radius 1 is 1.23 bits per heavy atom. The summed E-state index contributed by atoms with van der Waals surface area (Å²) in [5.41, 5.74) is -1.89. The zero-order chi connectivity index (χ0) is 18.8. The van der Waals surface area contributed by atoms with Gasteiger partial charge >= 0.3 is 6.18 Å². The largest absolute Gasteiger partial charge is 0.439 e. The summed E-state index contributed by atoms with van der Waals surface area (Å²) in [6.07, 6.45) is -1.29. The minimum Gasteiger partial charge on any atom is -0.362 e. The van der Waals surface area contributed by atoms with E-state index in [9.17, 15) is 23.1 Å². The van der Waals surface area contributed by atoms with Crippen LogP contribution in [-0.2, 0) is 11.2 Å². The first-order valence-electron chi connectivity index (χ1n) is 9.07. The predicted octanol–water partition coefficient (Wildman–Crippen LogP) is 4.04. The van der Waals surface area contributed by atoms with Gasteiger partial charge in [0.15, 0.2) is 0 Å². The number of fused-ring (bicyclic) bond motifs is 1. The van der Waals surface area contributed by atoms with Crippen molar-refractivity contribution in [1.82, 2.24) is 5.01 Å². The Labute approximate surface area is 150 Å². The first-order chi connectivity index (χ1) is 12.3.